The average Bonchev–Trinajstić information content (AvgIpc) is 3.14. The third-order valence-electron chi connectivity index (χ3n) is 5.93. The average molecular weight is 413 g/mol. The largest absolute Gasteiger partial charge is 0.366 e. The highest BCUT2D eigenvalue weighted by Crippen LogP contribution is 2.24. The number of hydrogen-bond donors (Lipinski definition) is 0. The van der Waals surface area contributed by atoms with E-state index in [1.54, 1.807) is 40.1 Å². The van der Waals surface area contributed by atoms with E-state index in [2.05, 4.69) is 0 Å². The van der Waals surface area contributed by atoms with Gasteiger partial charge in [0, 0.05) is 45.7 Å². The van der Waals surface area contributed by atoms with Gasteiger partial charge in [-0.3, -0.25) is 9.59 Å². The molecule has 2 aliphatic heterocycles. The summed E-state index contributed by atoms with van der Waals surface area (Å²) in [6.45, 7) is 3.13. The summed E-state index contributed by atoms with van der Waals surface area (Å²) in [6.07, 6.45) is 0.865. The number of carbonyl (C=O) groups is 2. The smallest absolute Gasteiger partial charge is 0.228 e. The number of rotatable bonds is 5. The van der Waals surface area contributed by atoms with Gasteiger partial charge in [0.1, 0.15) is 11.6 Å². The lowest BCUT2D eigenvalue weighted by Crippen LogP contribution is -2.51. The molecule has 2 fully saturated rings. The van der Waals surface area contributed by atoms with Gasteiger partial charge in [-0.15, -0.1) is 0 Å². The molecule has 5 nitrogen and oxygen atoms in total. The Balaban J connectivity index is 1.28. The maximum absolute atomic E-state index is 14.0. The van der Waals surface area contributed by atoms with Crippen molar-refractivity contribution in [2.45, 2.75) is 12.8 Å². The fourth-order valence-electron chi connectivity index (χ4n) is 4.20. The van der Waals surface area contributed by atoms with Crippen molar-refractivity contribution >= 4 is 17.5 Å². The SMILES string of the molecule is O=C1CC(C(=O)N2CCN(c3ccccc3F)CC2)CN1CCc1ccc(F)cc1. The zero-order chi connectivity index (χ0) is 21.1. The molecule has 2 aliphatic rings. The third kappa shape index (κ3) is 4.45. The first-order valence-corrected chi connectivity index (χ1v) is 10.3. The zero-order valence-corrected chi connectivity index (χ0v) is 16.8. The highest BCUT2D eigenvalue weighted by molar-refractivity contribution is 5.89. The predicted molar refractivity (Wildman–Crippen MR) is 110 cm³/mol. The second-order valence-electron chi connectivity index (χ2n) is 7.88. The van der Waals surface area contributed by atoms with E-state index in [1.807, 2.05) is 4.90 Å². The van der Waals surface area contributed by atoms with E-state index in [0.29, 0.717) is 51.4 Å². The Morgan fingerprint density at radius 2 is 1.67 bits per heavy atom. The van der Waals surface area contributed by atoms with E-state index < -0.39 is 0 Å². The van der Waals surface area contributed by atoms with Crippen molar-refractivity contribution in [3.05, 3.63) is 65.7 Å². The highest BCUT2D eigenvalue weighted by Gasteiger charge is 2.37. The van der Waals surface area contributed by atoms with E-state index in [9.17, 15) is 18.4 Å². The number of hydrogen-bond acceptors (Lipinski definition) is 3. The molecule has 4 rings (SSSR count). The molecular weight excluding hydrogens is 388 g/mol. The number of para-hydroxylation sites is 1. The van der Waals surface area contributed by atoms with Crippen molar-refractivity contribution in [3.8, 4) is 0 Å². The Hall–Kier alpha value is -2.96. The molecule has 7 heteroatoms. The third-order valence-corrected chi connectivity index (χ3v) is 5.93. The van der Waals surface area contributed by atoms with Crippen molar-refractivity contribution < 1.29 is 18.4 Å². The van der Waals surface area contributed by atoms with Crippen LogP contribution in [-0.2, 0) is 16.0 Å². The van der Waals surface area contributed by atoms with E-state index >= 15 is 0 Å². The Morgan fingerprint density at radius 3 is 2.37 bits per heavy atom. The normalized spacial score (nSPS) is 19.5. The number of halogens is 2. The molecule has 1 unspecified atom stereocenters. The quantitative estimate of drug-likeness (QED) is 0.757. The predicted octanol–water partition coefficient (Wildman–Crippen LogP) is 2.70. The second-order valence-corrected chi connectivity index (χ2v) is 7.88. The zero-order valence-electron chi connectivity index (χ0n) is 16.8. The number of benzene rings is 2. The van der Waals surface area contributed by atoms with Crippen molar-refractivity contribution in [1.82, 2.24) is 9.80 Å². The molecule has 2 heterocycles. The molecule has 2 aromatic carbocycles. The molecule has 0 aromatic heterocycles. The van der Waals surface area contributed by atoms with Crippen LogP contribution in [0.15, 0.2) is 48.5 Å². The van der Waals surface area contributed by atoms with Gasteiger partial charge in [0.25, 0.3) is 0 Å². The molecule has 0 bridgehead atoms. The molecule has 2 aromatic rings. The molecule has 0 radical (unpaired) electrons. The van der Waals surface area contributed by atoms with Crippen LogP contribution in [0.1, 0.15) is 12.0 Å². The van der Waals surface area contributed by atoms with Crippen molar-refractivity contribution in [2.75, 3.05) is 44.2 Å². The van der Waals surface area contributed by atoms with Gasteiger partial charge in [0.2, 0.25) is 11.8 Å². The molecule has 0 aliphatic carbocycles. The number of likely N-dealkylation sites (tertiary alicyclic amines) is 1. The van der Waals surface area contributed by atoms with Crippen LogP contribution in [0.3, 0.4) is 0 Å². The van der Waals surface area contributed by atoms with Gasteiger partial charge < -0.3 is 14.7 Å². The fourth-order valence-corrected chi connectivity index (χ4v) is 4.20. The summed E-state index contributed by atoms with van der Waals surface area (Å²) in [5.74, 6) is -0.876. The molecule has 2 amide bonds. The van der Waals surface area contributed by atoms with Crippen LogP contribution < -0.4 is 4.90 Å². The summed E-state index contributed by atoms with van der Waals surface area (Å²) in [5.41, 5.74) is 1.52. The summed E-state index contributed by atoms with van der Waals surface area (Å²) in [7, 11) is 0. The molecule has 0 saturated carbocycles. The lowest BCUT2D eigenvalue weighted by molar-refractivity contribution is -0.136. The minimum atomic E-state index is -0.328. The Kier molecular flexibility index (Phi) is 5.97. The summed E-state index contributed by atoms with van der Waals surface area (Å²) in [6, 6.07) is 12.9. The van der Waals surface area contributed by atoms with E-state index in [-0.39, 0.29) is 35.8 Å². The molecule has 0 N–H and O–H groups in total. The lowest BCUT2D eigenvalue weighted by Gasteiger charge is -2.37. The minimum absolute atomic E-state index is 0.000755. The van der Waals surface area contributed by atoms with Gasteiger partial charge in [-0.1, -0.05) is 24.3 Å². The maximum atomic E-state index is 14.0. The summed E-state index contributed by atoms with van der Waals surface area (Å²) < 4.78 is 27.0. The van der Waals surface area contributed by atoms with Crippen molar-refractivity contribution in [3.63, 3.8) is 0 Å². The van der Waals surface area contributed by atoms with Crippen LogP contribution in [0, 0.1) is 17.6 Å². The van der Waals surface area contributed by atoms with Gasteiger partial charge in [-0.05, 0) is 36.2 Å². The van der Waals surface area contributed by atoms with Crippen LogP contribution in [0.4, 0.5) is 14.5 Å². The second kappa shape index (κ2) is 8.81. The van der Waals surface area contributed by atoms with Gasteiger partial charge in [0.15, 0.2) is 0 Å². The van der Waals surface area contributed by atoms with Gasteiger partial charge in [-0.25, -0.2) is 8.78 Å². The first-order chi connectivity index (χ1) is 14.5. The van der Waals surface area contributed by atoms with Crippen LogP contribution in [0.2, 0.25) is 0 Å². The minimum Gasteiger partial charge on any atom is -0.366 e. The molecule has 2 saturated heterocycles. The number of amides is 2. The van der Waals surface area contributed by atoms with Crippen molar-refractivity contribution in [1.29, 1.82) is 0 Å². The number of carbonyl (C=O) groups excluding carboxylic acids is 2. The topological polar surface area (TPSA) is 43.9 Å². The van der Waals surface area contributed by atoms with E-state index in [0.717, 1.165) is 5.56 Å². The lowest BCUT2D eigenvalue weighted by atomic mass is 10.1. The number of piperazine rings is 1. The molecule has 0 spiro atoms. The first-order valence-electron chi connectivity index (χ1n) is 10.3. The maximum Gasteiger partial charge on any atom is 0.228 e. The number of anilines is 1. The number of nitrogens with zero attached hydrogens (tertiary/aromatic N) is 3. The molecule has 158 valence electrons. The molecular formula is C23H25F2N3O2. The molecule has 1 atom stereocenters. The fraction of sp³-hybridized carbons (Fsp3) is 0.391. The Labute approximate surface area is 174 Å². The van der Waals surface area contributed by atoms with Gasteiger partial charge >= 0.3 is 0 Å². The summed E-state index contributed by atoms with van der Waals surface area (Å²) in [5, 5.41) is 0. The summed E-state index contributed by atoms with van der Waals surface area (Å²) in [4.78, 5) is 30.8. The van der Waals surface area contributed by atoms with Crippen LogP contribution in [0.5, 0.6) is 0 Å². The van der Waals surface area contributed by atoms with Crippen molar-refractivity contribution in [2.24, 2.45) is 5.92 Å². The first kappa shape index (κ1) is 20.3. The van der Waals surface area contributed by atoms with Crippen LogP contribution >= 0.6 is 0 Å². The van der Waals surface area contributed by atoms with Gasteiger partial charge in [0.05, 0.1) is 11.6 Å². The molecule has 30 heavy (non-hydrogen) atoms. The summed E-state index contributed by atoms with van der Waals surface area (Å²) >= 11 is 0. The van der Waals surface area contributed by atoms with Gasteiger partial charge in [-0.2, -0.15) is 0 Å². The van der Waals surface area contributed by atoms with Crippen LogP contribution in [0.25, 0.3) is 0 Å². The standard InChI is InChI=1S/C23H25F2N3O2/c24-19-7-5-17(6-8-19)9-10-28-16-18(15-22(28)29)23(30)27-13-11-26(12-14-27)21-4-2-1-3-20(21)25/h1-8,18H,9-16H2. The van der Waals surface area contributed by atoms with E-state index in [4.69, 9.17) is 0 Å². The van der Waals surface area contributed by atoms with Crippen LogP contribution in [-0.4, -0.2) is 60.9 Å². The Bertz CT molecular complexity index is 911. The van der Waals surface area contributed by atoms with E-state index in [1.165, 1.54) is 18.2 Å². The highest BCUT2D eigenvalue weighted by atomic mass is 19.1. The monoisotopic (exact) mass is 413 g/mol. The Morgan fingerprint density at radius 1 is 0.967 bits per heavy atom.